The van der Waals surface area contributed by atoms with E-state index in [-0.39, 0.29) is 0 Å². The summed E-state index contributed by atoms with van der Waals surface area (Å²) in [6.45, 7) is 7.78. The number of nitrogens with zero attached hydrogens (tertiary/aromatic N) is 2. The van der Waals surface area contributed by atoms with Crippen LogP contribution >= 0.6 is 0 Å². The van der Waals surface area contributed by atoms with Crippen molar-refractivity contribution < 1.29 is 0 Å². The molecule has 1 aromatic heterocycles. The molecular weight excluding hydrogens is 184 g/mol. The fraction of sp³-hybridized carbons (Fsp3) is 0.231. The summed E-state index contributed by atoms with van der Waals surface area (Å²) in [6, 6.07) is 2.00. The van der Waals surface area contributed by atoms with E-state index in [0.717, 1.165) is 16.8 Å². The van der Waals surface area contributed by atoms with Gasteiger partial charge in [-0.05, 0) is 36.6 Å². The Bertz CT molecular complexity index is 415. The molecule has 1 rings (SSSR count). The van der Waals surface area contributed by atoms with Crippen LogP contribution < -0.4 is 0 Å². The van der Waals surface area contributed by atoms with Gasteiger partial charge in [-0.1, -0.05) is 18.7 Å². The molecule has 78 valence electrons. The van der Waals surface area contributed by atoms with Crippen molar-refractivity contribution in [2.24, 2.45) is 4.99 Å². The molecule has 0 aliphatic heterocycles. The average molecular weight is 200 g/mol. The van der Waals surface area contributed by atoms with Gasteiger partial charge in [-0.15, -0.1) is 0 Å². The van der Waals surface area contributed by atoms with E-state index in [1.54, 1.807) is 13.1 Å². The highest BCUT2D eigenvalue weighted by molar-refractivity contribution is 6.10. The van der Waals surface area contributed by atoms with Gasteiger partial charge in [0, 0.05) is 25.2 Å². The number of aliphatic imine (C=N–C) groups is 1. The first-order valence-corrected chi connectivity index (χ1v) is 4.88. The van der Waals surface area contributed by atoms with Crippen molar-refractivity contribution in [3.05, 3.63) is 47.8 Å². The van der Waals surface area contributed by atoms with Gasteiger partial charge in [0.2, 0.25) is 0 Å². The SMILES string of the molecule is C=C/C=C(\C=NC)c1ccnc(C)c1C. The van der Waals surface area contributed by atoms with E-state index in [2.05, 4.69) is 23.5 Å². The summed E-state index contributed by atoms with van der Waals surface area (Å²) in [5.74, 6) is 0. The molecule has 0 saturated carbocycles. The Morgan fingerprint density at radius 3 is 2.80 bits per heavy atom. The molecule has 0 N–H and O–H groups in total. The van der Waals surface area contributed by atoms with Crippen LogP contribution in [0.1, 0.15) is 16.8 Å². The van der Waals surface area contributed by atoms with E-state index < -0.39 is 0 Å². The zero-order valence-electron chi connectivity index (χ0n) is 9.49. The van der Waals surface area contributed by atoms with Crippen molar-refractivity contribution in [1.29, 1.82) is 0 Å². The monoisotopic (exact) mass is 200 g/mol. The maximum Gasteiger partial charge on any atom is 0.0407 e. The minimum atomic E-state index is 1.05. The molecule has 0 aromatic carbocycles. The smallest absolute Gasteiger partial charge is 0.0407 e. The zero-order valence-corrected chi connectivity index (χ0v) is 9.49. The summed E-state index contributed by atoms with van der Waals surface area (Å²) >= 11 is 0. The van der Waals surface area contributed by atoms with E-state index in [0.29, 0.717) is 0 Å². The molecule has 0 saturated heterocycles. The van der Waals surface area contributed by atoms with Gasteiger partial charge in [-0.2, -0.15) is 0 Å². The van der Waals surface area contributed by atoms with Gasteiger partial charge in [0.05, 0.1) is 0 Å². The van der Waals surface area contributed by atoms with Crippen LogP contribution in [-0.4, -0.2) is 18.2 Å². The number of allylic oxidation sites excluding steroid dienone is 3. The van der Waals surface area contributed by atoms with Gasteiger partial charge < -0.3 is 0 Å². The number of aryl methyl sites for hydroxylation is 1. The highest BCUT2D eigenvalue weighted by atomic mass is 14.7. The molecule has 2 nitrogen and oxygen atoms in total. The molecule has 0 aliphatic carbocycles. The lowest BCUT2D eigenvalue weighted by Crippen LogP contribution is -1.95. The average Bonchev–Trinajstić information content (AvgIpc) is 2.22. The van der Waals surface area contributed by atoms with Gasteiger partial charge in [-0.3, -0.25) is 9.98 Å². The van der Waals surface area contributed by atoms with Crippen molar-refractivity contribution in [2.75, 3.05) is 7.05 Å². The summed E-state index contributed by atoms with van der Waals surface area (Å²) in [6.07, 6.45) is 7.38. The van der Waals surface area contributed by atoms with Gasteiger partial charge in [0.1, 0.15) is 0 Å². The molecule has 0 unspecified atom stereocenters. The molecule has 0 radical (unpaired) electrons. The highest BCUT2D eigenvalue weighted by Gasteiger charge is 2.04. The van der Waals surface area contributed by atoms with Gasteiger partial charge in [0.25, 0.3) is 0 Å². The molecule has 0 amide bonds. The molecule has 2 heteroatoms. The summed E-state index contributed by atoms with van der Waals surface area (Å²) in [5, 5.41) is 0. The number of hydrogen-bond acceptors (Lipinski definition) is 2. The Morgan fingerprint density at radius 1 is 1.47 bits per heavy atom. The number of rotatable bonds is 3. The fourth-order valence-electron chi connectivity index (χ4n) is 1.42. The lowest BCUT2D eigenvalue weighted by Gasteiger charge is -2.07. The van der Waals surface area contributed by atoms with Crippen molar-refractivity contribution in [2.45, 2.75) is 13.8 Å². The fourth-order valence-corrected chi connectivity index (χ4v) is 1.42. The Labute approximate surface area is 91.1 Å². The van der Waals surface area contributed by atoms with Gasteiger partial charge in [0.15, 0.2) is 0 Å². The Balaban J connectivity index is 3.29. The molecule has 0 fully saturated rings. The first-order chi connectivity index (χ1) is 7.20. The third-order valence-electron chi connectivity index (χ3n) is 2.33. The van der Waals surface area contributed by atoms with Crippen LogP contribution in [0.15, 0.2) is 36.0 Å². The molecule has 0 atom stereocenters. The van der Waals surface area contributed by atoms with Crippen LogP contribution in [0, 0.1) is 13.8 Å². The maximum atomic E-state index is 4.24. The topological polar surface area (TPSA) is 25.2 Å². The van der Waals surface area contributed by atoms with E-state index in [1.807, 2.05) is 31.5 Å². The predicted molar refractivity (Wildman–Crippen MR) is 66.3 cm³/mol. The second kappa shape index (κ2) is 5.25. The molecule has 0 aliphatic rings. The first kappa shape index (κ1) is 11.4. The standard InChI is InChI=1S/C13H16N2/c1-5-6-12(9-14-4)13-7-8-15-11(3)10(13)2/h5-9H,1H2,2-4H3/b12-6+,14-9?. The number of aromatic nitrogens is 1. The van der Waals surface area contributed by atoms with E-state index in [4.69, 9.17) is 0 Å². The summed E-state index contributed by atoms with van der Waals surface area (Å²) in [5.41, 5.74) is 4.46. The first-order valence-electron chi connectivity index (χ1n) is 4.88. The van der Waals surface area contributed by atoms with Crippen LogP contribution in [0.3, 0.4) is 0 Å². The third-order valence-corrected chi connectivity index (χ3v) is 2.33. The Kier molecular flexibility index (Phi) is 3.98. The van der Waals surface area contributed by atoms with Crippen LogP contribution in [0.5, 0.6) is 0 Å². The van der Waals surface area contributed by atoms with Crippen molar-refractivity contribution in [3.63, 3.8) is 0 Å². The molecule has 15 heavy (non-hydrogen) atoms. The predicted octanol–water partition coefficient (Wildman–Crippen LogP) is 2.97. The lowest BCUT2D eigenvalue weighted by molar-refractivity contribution is 1.14. The quantitative estimate of drug-likeness (QED) is 0.544. The van der Waals surface area contributed by atoms with Crippen LogP contribution in [0.25, 0.3) is 5.57 Å². The molecule has 1 aromatic rings. The minimum absolute atomic E-state index is 1.05. The Morgan fingerprint density at radius 2 is 2.20 bits per heavy atom. The van der Waals surface area contributed by atoms with Crippen molar-refractivity contribution >= 4 is 11.8 Å². The number of hydrogen-bond donors (Lipinski definition) is 0. The van der Waals surface area contributed by atoms with Crippen LogP contribution in [0.4, 0.5) is 0 Å². The maximum absolute atomic E-state index is 4.24. The summed E-state index contributed by atoms with van der Waals surface area (Å²) in [7, 11) is 1.76. The molecule has 0 spiro atoms. The van der Waals surface area contributed by atoms with Crippen LogP contribution in [-0.2, 0) is 0 Å². The minimum Gasteiger partial charge on any atom is -0.296 e. The van der Waals surface area contributed by atoms with Crippen LogP contribution in [0.2, 0.25) is 0 Å². The lowest BCUT2D eigenvalue weighted by atomic mass is 10.0. The third kappa shape index (κ3) is 2.62. The Hall–Kier alpha value is -1.70. The molecular formula is C13H16N2. The van der Waals surface area contributed by atoms with E-state index >= 15 is 0 Å². The number of pyridine rings is 1. The van der Waals surface area contributed by atoms with Crippen molar-refractivity contribution in [1.82, 2.24) is 4.98 Å². The second-order valence-electron chi connectivity index (χ2n) is 3.31. The van der Waals surface area contributed by atoms with Gasteiger partial charge in [-0.25, -0.2) is 0 Å². The van der Waals surface area contributed by atoms with Crippen molar-refractivity contribution in [3.8, 4) is 0 Å². The van der Waals surface area contributed by atoms with Gasteiger partial charge >= 0.3 is 0 Å². The van der Waals surface area contributed by atoms with E-state index in [1.165, 1.54) is 5.56 Å². The normalized spacial score (nSPS) is 12.1. The zero-order chi connectivity index (χ0) is 11.3. The summed E-state index contributed by atoms with van der Waals surface area (Å²) in [4.78, 5) is 8.28. The summed E-state index contributed by atoms with van der Waals surface area (Å²) < 4.78 is 0. The molecule has 0 bridgehead atoms. The highest BCUT2D eigenvalue weighted by Crippen LogP contribution is 2.18. The largest absolute Gasteiger partial charge is 0.296 e. The van der Waals surface area contributed by atoms with E-state index in [9.17, 15) is 0 Å². The molecule has 1 heterocycles. The second-order valence-corrected chi connectivity index (χ2v) is 3.31.